The van der Waals surface area contributed by atoms with Crippen molar-refractivity contribution in [2.45, 2.75) is 19.5 Å². The normalized spacial score (nSPS) is 15.4. The molecule has 1 fully saturated rings. The van der Waals surface area contributed by atoms with E-state index in [1.807, 2.05) is 0 Å². The molecule has 0 radical (unpaired) electrons. The van der Waals surface area contributed by atoms with Gasteiger partial charge in [-0.1, -0.05) is 13.0 Å². The quantitative estimate of drug-likeness (QED) is 0.553. The minimum absolute atomic E-state index is 0.283. The van der Waals surface area contributed by atoms with Crippen molar-refractivity contribution in [3.05, 3.63) is 29.8 Å². The Labute approximate surface area is 161 Å². The summed E-state index contributed by atoms with van der Waals surface area (Å²) < 4.78 is 43.2. The molecular weight excluding hydrogens is 381 g/mol. The van der Waals surface area contributed by atoms with Crippen LogP contribution in [0.1, 0.15) is 18.9 Å². The second-order valence-electron chi connectivity index (χ2n) is 6.11. The van der Waals surface area contributed by atoms with Gasteiger partial charge in [-0.3, -0.25) is 0 Å². The van der Waals surface area contributed by atoms with Crippen molar-refractivity contribution >= 4 is 11.9 Å². The van der Waals surface area contributed by atoms with Crippen molar-refractivity contribution in [2.75, 3.05) is 45.9 Å². The molecule has 0 unspecified atom stereocenters. The first kappa shape index (κ1) is 23.7. The monoisotopic (exact) mass is 406 g/mol. The highest BCUT2D eigenvalue weighted by atomic mass is 19.4. The summed E-state index contributed by atoms with van der Waals surface area (Å²) in [6, 6.07) is 5.05. The minimum Gasteiger partial charge on any atom is -0.494 e. The molecule has 0 atom stereocenters. The number of halogens is 3. The molecule has 28 heavy (non-hydrogen) atoms. The lowest BCUT2D eigenvalue weighted by Gasteiger charge is -2.33. The highest BCUT2D eigenvalue weighted by Crippen LogP contribution is 2.31. The minimum atomic E-state index is -4.32. The predicted octanol–water partition coefficient (Wildman–Crippen LogP) is 2.27. The Morgan fingerprint density at radius 2 is 1.64 bits per heavy atom. The van der Waals surface area contributed by atoms with Gasteiger partial charge in [0.1, 0.15) is 5.75 Å². The summed E-state index contributed by atoms with van der Waals surface area (Å²) in [5, 5.41) is 14.8. The van der Waals surface area contributed by atoms with Gasteiger partial charge in [-0.15, -0.1) is 0 Å². The fourth-order valence-corrected chi connectivity index (χ4v) is 2.57. The fraction of sp³-hybridized carbons (Fsp3) is 0.556. The SMILES string of the molecule is CCN1CCN(CCCOc2cccc(C(F)(F)F)c2)CC1.O=C(O)C(=O)O. The number of rotatable bonds is 6. The number of hydrogen-bond donors (Lipinski definition) is 2. The number of likely N-dealkylation sites (N-methyl/N-ethyl adjacent to an activating group) is 1. The molecule has 1 aliphatic heterocycles. The van der Waals surface area contributed by atoms with Crippen LogP contribution in [-0.2, 0) is 15.8 Å². The van der Waals surface area contributed by atoms with Gasteiger partial charge in [-0.25, -0.2) is 9.59 Å². The maximum absolute atomic E-state index is 12.6. The maximum atomic E-state index is 12.6. The molecule has 1 saturated heterocycles. The Morgan fingerprint density at radius 1 is 1.07 bits per heavy atom. The van der Waals surface area contributed by atoms with Crippen LogP contribution in [0.4, 0.5) is 13.2 Å². The number of carbonyl (C=O) groups is 2. The van der Waals surface area contributed by atoms with E-state index >= 15 is 0 Å². The summed E-state index contributed by atoms with van der Waals surface area (Å²) in [7, 11) is 0. The van der Waals surface area contributed by atoms with E-state index in [0.29, 0.717) is 6.61 Å². The van der Waals surface area contributed by atoms with Crippen molar-refractivity contribution in [3.63, 3.8) is 0 Å². The van der Waals surface area contributed by atoms with Gasteiger partial charge in [0.15, 0.2) is 0 Å². The van der Waals surface area contributed by atoms with E-state index < -0.39 is 23.7 Å². The van der Waals surface area contributed by atoms with Gasteiger partial charge in [0.05, 0.1) is 12.2 Å². The second kappa shape index (κ2) is 11.5. The third-order valence-corrected chi connectivity index (χ3v) is 4.14. The van der Waals surface area contributed by atoms with Crippen LogP contribution in [0, 0.1) is 0 Å². The first-order valence-electron chi connectivity index (χ1n) is 8.84. The molecule has 0 saturated carbocycles. The number of carboxylic acid groups (broad SMARTS) is 2. The van der Waals surface area contributed by atoms with E-state index in [0.717, 1.165) is 57.8 Å². The zero-order chi connectivity index (χ0) is 21.2. The molecule has 7 nitrogen and oxygen atoms in total. The van der Waals surface area contributed by atoms with Gasteiger partial charge in [-0.05, 0) is 31.2 Å². The van der Waals surface area contributed by atoms with Crippen molar-refractivity contribution in [1.29, 1.82) is 0 Å². The van der Waals surface area contributed by atoms with Crippen LogP contribution in [0.5, 0.6) is 5.75 Å². The highest BCUT2D eigenvalue weighted by Gasteiger charge is 2.30. The van der Waals surface area contributed by atoms with E-state index in [1.54, 1.807) is 6.07 Å². The maximum Gasteiger partial charge on any atom is 0.416 e. The lowest BCUT2D eigenvalue weighted by Crippen LogP contribution is -2.46. The Kier molecular flexibility index (Phi) is 9.74. The smallest absolute Gasteiger partial charge is 0.416 e. The molecule has 1 aliphatic rings. The Hall–Kier alpha value is -2.33. The first-order valence-corrected chi connectivity index (χ1v) is 8.84. The number of benzene rings is 1. The lowest BCUT2D eigenvalue weighted by molar-refractivity contribution is -0.159. The second-order valence-corrected chi connectivity index (χ2v) is 6.11. The third kappa shape index (κ3) is 9.05. The molecule has 2 N–H and O–H groups in total. The van der Waals surface area contributed by atoms with Crippen molar-refractivity contribution in [3.8, 4) is 5.75 Å². The Bertz CT molecular complexity index is 620. The van der Waals surface area contributed by atoms with Gasteiger partial charge < -0.3 is 24.7 Å². The largest absolute Gasteiger partial charge is 0.494 e. The summed E-state index contributed by atoms with van der Waals surface area (Å²) in [6.45, 7) is 8.90. The van der Waals surface area contributed by atoms with Crippen LogP contribution < -0.4 is 4.74 Å². The average molecular weight is 406 g/mol. The molecule has 0 bridgehead atoms. The molecule has 0 spiro atoms. The third-order valence-electron chi connectivity index (χ3n) is 4.14. The zero-order valence-electron chi connectivity index (χ0n) is 15.6. The zero-order valence-corrected chi connectivity index (χ0v) is 15.6. The molecule has 2 rings (SSSR count). The number of piperazine rings is 1. The van der Waals surface area contributed by atoms with Crippen LogP contribution >= 0.6 is 0 Å². The van der Waals surface area contributed by atoms with E-state index in [9.17, 15) is 13.2 Å². The predicted molar refractivity (Wildman–Crippen MR) is 95.4 cm³/mol. The lowest BCUT2D eigenvalue weighted by atomic mass is 10.2. The van der Waals surface area contributed by atoms with Crippen molar-refractivity contribution in [2.24, 2.45) is 0 Å². The molecule has 158 valence electrons. The van der Waals surface area contributed by atoms with Crippen LogP contribution in [0.15, 0.2) is 24.3 Å². The fourth-order valence-electron chi connectivity index (χ4n) is 2.57. The molecule has 1 heterocycles. The van der Waals surface area contributed by atoms with Gasteiger partial charge in [0, 0.05) is 32.7 Å². The standard InChI is InChI=1S/C16H23F3N2O.C2H2O4/c1-2-20-8-10-21(11-9-20)7-4-12-22-15-6-3-5-14(13-15)16(17,18)19;3-1(4)2(5)6/h3,5-6,13H,2,4,7-12H2,1H3;(H,3,4)(H,5,6). The summed E-state index contributed by atoms with van der Waals surface area (Å²) in [6.07, 6.45) is -3.50. The summed E-state index contributed by atoms with van der Waals surface area (Å²) in [5.41, 5.74) is -0.666. The van der Waals surface area contributed by atoms with Crippen molar-refractivity contribution < 1.29 is 37.7 Å². The molecule has 0 amide bonds. The van der Waals surface area contributed by atoms with Crippen LogP contribution in [0.3, 0.4) is 0 Å². The number of alkyl halides is 3. The summed E-state index contributed by atoms with van der Waals surface area (Å²) in [5.74, 6) is -3.37. The number of ether oxygens (including phenoxy) is 1. The first-order chi connectivity index (χ1) is 13.1. The van der Waals surface area contributed by atoms with Gasteiger partial charge in [0.25, 0.3) is 0 Å². The van der Waals surface area contributed by atoms with E-state index in [4.69, 9.17) is 24.5 Å². The molecule has 1 aromatic rings. The highest BCUT2D eigenvalue weighted by molar-refractivity contribution is 6.27. The Balaban J connectivity index is 0.000000568. The van der Waals surface area contributed by atoms with Crippen LogP contribution in [0.25, 0.3) is 0 Å². The van der Waals surface area contributed by atoms with Crippen LogP contribution in [-0.4, -0.2) is 77.8 Å². The molecule has 10 heteroatoms. The Morgan fingerprint density at radius 3 is 2.14 bits per heavy atom. The summed E-state index contributed by atoms with van der Waals surface area (Å²) in [4.78, 5) is 23.0. The topological polar surface area (TPSA) is 90.3 Å². The number of aliphatic carboxylic acids is 2. The van der Waals surface area contributed by atoms with Gasteiger partial charge >= 0.3 is 18.1 Å². The molecule has 0 aromatic heterocycles. The number of nitrogens with zero attached hydrogens (tertiary/aromatic N) is 2. The average Bonchev–Trinajstić information content (AvgIpc) is 2.66. The van der Waals surface area contributed by atoms with Crippen LogP contribution in [0.2, 0.25) is 0 Å². The van der Waals surface area contributed by atoms with E-state index in [-0.39, 0.29) is 5.75 Å². The molecular formula is C18H25F3N2O5. The molecule has 0 aliphatic carbocycles. The van der Waals surface area contributed by atoms with Gasteiger partial charge in [-0.2, -0.15) is 13.2 Å². The van der Waals surface area contributed by atoms with Crippen molar-refractivity contribution in [1.82, 2.24) is 9.80 Å². The molecule has 1 aromatic carbocycles. The number of carboxylic acids is 2. The van der Waals surface area contributed by atoms with E-state index in [2.05, 4.69) is 16.7 Å². The van der Waals surface area contributed by atoms with E-state index in [1.165, 1.54) is 6.07 Å². The summed E-state index contributed by atoms with van der Waals surface area (Å²) >= 11 is 0. The number of hydrogen-bond acceptors (Lipinski definition) is 5. The van der Waals surface area contributed by atoms with Gasteiger partial charge in [0.2, 0.25) is 0 Å².